The maximum atomic E-state index is 13.7. The van der Waals surface area contributed by atoms with Crippen molar-refractivity contribution in [1.82, 2.24) is 9.97 Å². The van der Waals surface area contributed by atoms with Crippen LogP contribution in [0, 0.1) is 21.7 Å². The van der Waals surface area contributed by atoms with E-state index >= 15 is 0 Å². The molecule has 0 bridgehead atoms. The van der Waals surface area contributed by atoms with Crippen LogP contribution in [0.5, 0.6) is 0 Å². The fraction of sp³-hybridized carbons (Fsp3) is 0.286. The van der Waals surface area contributed by atoms with E-state index < -0.39 is 22.2 Å². The lowest BCUT2D eigenvalue weighted by atomic mass is 10.3. The van der Waals surface area contributed by atoms with Gasteiger partial charge in [0.05, 0.1) is 10.6 Å². The number of halogens is 2. The molecule has 0 spiro atoms. The van der Waals surface area contributed by atoms with Gasteiger partial charge in [-0.05, 0) is 18.6 Å². The Kier molecular flexibility index (Phi) is 5.90. The van der Waals surface area contributed by atoms with Gasteiger partial charge in [-0.15, -0.1) is 0 Å². The van der Waals surface area contributed by atoms with Crippen molar-refractivity contribution in [2.75, 3.05) is 30.9 Å². The largest absolute Gasteiger partial charge is 0.385 e. The number of rotatable bonds is 8. The summed E-state index contributed by atoms with van der Waals surface area (Å²) in [4.78, 5) is 18.2. The van der Waals surface area contributed by atoms with Gasteiger partial charge in [-0.25, -0.2) is 18.7 Å². The Bertz CT molecular complexity index is 730. The standard InChI is InChI=1S/C14H15F2N5O3/c1-24-6-2-5-17-13-12(21(22)23)14(19-8-18-13)20-11-7-9(15)3-4-10(11)16/h3-4,7-8H,2,5-6H2,1H3,(H2,17,18,19,20). The molecule has 1 aromatic carbocycles. The smallest absolute Gasteiger partial charge is 0.353 e. The first kappa shape index (κ1) is 17.5. The van der Waals surface area contributed by atoms with Gasteiger partial charge in [-0.1, -0.05) is 0 Å². The van der Waals surface area contributed by atoms with E-state index in [2.05, 4.69) is 20.6 Å². The number of nitro groups is 1. The minimum Gasteiger partial charge on any atom is -0.385 e. The van der Waals surface area contributed by atoms with Gasteiger partial charge in [0.2, 0.25) is 11.6 Å². The summed E-state index contributed by atoms with van der Waals surface area (Å²) in [5, 5.41) is 16.6. The molecule has 2 N–H and O–H groups in total. The molecule has 1 aromatic heterocycles. The number of hydrogen-bond donors (Lipinski definition) is 2. The molecule has 0 aliphatic carbocycles. The van der Waals surface area contributed by atoms with Crippen molar-refractivity contribution in [3.8, 4) is 0 Å². The van der Waals surface area contributed by atoms with Crippen LogP contribution in [-0.2, 0) is 4.74 Å². The zero-order valence-electron chi connectivity index (χ0n) is 12.8. The highest BCUT2D eigenvalue weighted by molar-refractivity contribution is 5.73. The minimum absolute atomic E-state index is 0.0228. The molecular formula is C14H15F2N5O3. The van der Waals surface area contributed by atoms with Crippen molar-refractivity contribution in [3.63, 3.8) is 0 Å². The second kappa shape index (κ2) is 8.11. The van der Waals surface area contributed by atoms with Crippen LogP contribution in [0.25, 0.3) is 0 Å². The molecule has 2 rings (SSSR count). The van der Waals surface area contributed by atoms with Crippen molar-refractivity contribution in [1.29, 1.82) is 0 Å². The Morgan fingerprint density at radius 3 is 2.75 bits per heavy atom. The molecule has 10 heteroatoms. The van der Waals surface area contributed by atoms with E-state index in [0.29, 0.717) is 19.6 Å². The van der Waals surface area contributed by atoms with E-state index in [1.807, 2.05) is 0 Å². The van der Waals surface area contributed by atoms with Crippen LogP contribution in [0.1, 0.15) is 6.42 Å². The Hall–Kier alpha value is -2.88. The summed E-state index contributed by atoms with van der Waals surface area (Å²) in [5.41, 5.74) is -0.722. The number of anilines is 3. The van der Waals surface area contributed by atoms with Crippen LogP contribution in [0.15, 0.2) is 24.5 Å². The van der Waals surface area contributed by atoms with Crippen molar-refractivity contribution in [2.45, 2.75) is 6.42 Å². The highest BCUT2D eigenvalue weighted by Gasteiger charge is 2.23. The van der Waals surface area contributed by atoms with Crippen LogP contribution in [0.4, 0.5) is 31.8 Å². The third-order valence-corrected chi connectivity index (χ3v) is 3.00. The van der Waals surface area contributed by atoms with Crippen molar-refractivity contribution >= 4 is 23.0 Å². The molecule has 0 unspecified atom stereocenters. The summed E-state index contributed by atoms with van der Waals surface area (Å²) in [7, 11) is 1.54. The molecule has 0 saturated carbocycles. The van der Waals surface area contributed by atoms with Gasteiger partial charge in [0, 0.05) is 26.3 Å². The lowest BCUT2D eigenvalue weighted by Crippen LogP contribution is -2.10. The number of ether oxygens (including phenoxy) is 1. The first-order chi connectivity index (χ1) is 11.5. The van der Waals surface area contributed by atoms with Gasteiger partial charge in [-0.2, -0.15) is 0 Å². The van der Waals surface area contributed by atoms with E-state index in [1.165, 1.54) is 0 Å². The maximum absolute atomic E-state index is 13.7. The maximum Gasteiger partial charge on any atom is 0.353 e. The van der Waals surface area contributed by atoms with Crippen LogP contribution < -0.4 is 10.6 Å². The lowest BCUT2D eigenvalue weighted by Gasteiger charge is -2.10. The second-order valence-corrected chi connectivity index (χ2v) is 4.70. The van der Waals surface area contributed by atoms with Gasteiger partial charge in [0.15, 0.2) is 0 Å². The average molecular weight is 339 g/mol. The molecule has 0 radical (unpaired) electrons. The number of nitrogens with one attached hydrogen (secondary N) is 2. The highest BCUT2D eigenvalue weighted by Crippen LogP contribution is 2.31. The predicted molar refractivity (Wildman–Crippen MR) is 83.3 cm³/mol. The normalized spacial score (nSPS) is 10.5. The van der Waals surface area contributed by atoms with E-state index in [9.17, 15) is 18.9 Å². The van der Waals surface area contributed by atoms with Crippen molar-refractivity contribution in [2.24, 2.45) is 0 Å². The molecule has 0 aliphatic rings. The van der Waals surface area contributed by atoms with Gasteiger partial charge in [-0.3, -0.25) is 10.1 Å². The highest BCUT2D eigenvalue weighted by atomic mass is 19.1. The molecule has 0 fully saturated rings. The molecule has 0 atom stereocenters. The third kappa shape index (κ3) is 4.32. The SMILES string of the molecule is COCCCNc1ncnc(Nc2cc(F)ccc2F)c1[N+](=O)[O-]. The van der Waals surface area contributed by atoms with Gasteiger partial charge >= 0.3 is 5.69 Å². The monoisotopic (exact) mass is 339 g/mol. The summed E-state index contributed by atoms with van der Waals surface area (Å²) in [6.07, 6.45) is 1.70. The fourth-order valence-corrected chi connectivity index (χ4v) is 1.92. The first-order valence-corrected chi connectivity index (χ1v) is 6.97. The Labute approximate surface area is 136 Å². The van der Waals surface area contributed by atoms with Crippen LogP contribution >= 0.6 is 0 Å². The molecule has 2 aromatic rings. The van der Waals surface area contributed by atoms with Gasteiger partial charge in [0.1, 0.15) is 18.0 Å². The number of methoxy groups -OCH3 is 1. The summed E-state index contributed by atoms with van der Waals surface area (Å²) >= 11 is 0. The van der Waals surface area contributed by atoms with Crippen LogP contribution in [-0.4, -0.2) is 35.2 Å². The third-order valence-electron chi connectivity index (χ3n) is 3.00. The van der Waals surface area contributed by atoms with Gasteiger partial charge in [0.25, 0.3) is 0 Å². The molecule has 0 aliphatic heterocycles. The summed E-state index contributed by atoms with van der Waals surface area (Å²) in [6.45, 7) is 0.866. The molecular weight excluding hydrogens is 324 g/mol. The Morgan fingerprint density at radius 1 is 1.29 bits per heavy atom. The predicted octanol–water partition coefficient (Wildman–Crippen LogP) is 2.86. The van der Waals surface area contributed by atoms with E-state index in [-0.39, 0.29) is 17.3 Å². The fourth-order valence-electron chi connectivity index (χ4n) is 1.92. The van der Waals surface area contributed by atoms with E-state index in [4.69, 9.17) is 4.74 Å². The molecule has 1 heterocycles. The van der Waals surface area contributed by atoms with Crippen LogP contribution in [0.3, 0.4) is 0 Å². The lowest BCUT2D eigenvalue weighted by molar-refractivity contribution is -0.383. The molecule has 8 nitrogen and oxygen atoms in total. The number of aromatic nitrogens is 2. The van der Waals surface area contributed by atoms with Crippen molar-refractivity contribution in [3.05, 3.63) is 46.3 Å². The number of benzene rings is 1. The van der Waals surface area contributed by atoms with Crippen LogP contribution in [0.2, 0.25) is 0 Å². The Morgan fingerprint density at radius 2 is 2.04 bits per heavy atom. The molecule has 0 saturated heterocycles. The average Bonchev–Trinajstić information content (AvgIpc) is 2.55. The second-order valence-electron chi connectivity index (χ2n) is 4.70. The molecule has 24 heavy (non-hydrogen) atoms. The quantitative estimate of drug-likeness (QED) is 0.433. The number of nitrogens with zero attached hydrogens (tertiary/aromatic N) is 3. The summed E-state index contributed by atoms with van der Waals surface area (Å²) in [5.74, 6) is -1.72. The van der Waals surface area contributed by atoms with E-state index in [0.717, 1.165) is 24.5 Å². The Balaban J connectivity index is 2.29. The summed E-state index contributed by atoms with van der Waals surface area (Å²) in [6, 6.07) is 2.74. The van der Waals surface area contributed by atoms with Crippen molar-refractivity contribution < 1.29 is 18.4 Å². The zero-order valence-corrected chi connectivity index (χ0v) is 12.8. The molecule has 128 valence electrons. The van der Waals surface area contributed by atoms with E-state index in [1.54, 1.807) is 7.11 Å². The number of hydrogen-bond acceptors (Lipinski definition) is 7. The topological polar surface area (TPSA) is 102 Å². The van der Waals surface area contributed by atoms with Gasteiger partial charge < -0.3 is 15.4 Å². The molecule has 0 amide bonds. The zero-order chi connectivity index (χ0) is 17.5. The first-order valence-electron chi connectivity index (χ1n) is 6.97. The minimum atomic E-state index is -0.765. The summed E-state index contributed by atoms with van der Waals surface area (Å²) < 4.78 is 31.8.